The first-order chi connectivity index (χ1) is 20.5. The van der Waals surface area contributed by atoms with Crippen molar-refractivity contribution in [2.45, 2.75) is 37.6 Å². The van der Waals surface area contributed by atoms with E-state index in [1.54, 1.807) is 34.1 Å². The third kappa shape index (κ3) is 6.93. The molecule has 1 aromatic heterocycles. The first kappa shape index (κ1) is 31.4. The predicted molar refractivity (Wildman–Crippen MR) is 155 cm³/mol. The SMILES string of the molecule is CCN(CC)c1ncc(N(C)S(=O)(=O)c2cccc(F)c2F)c(N[C@@H](Cc2ccc(OC(=O)N3CCC3)cc2)C(=O)O)n1. The normalized spacial score (nSPS) is 13.6. The number of aliphatic carboxylic acids is 1. The number of nitrogens with one attached hydrogen (secondary N) is 1. The number of hydrogen-bond donors (Lipinski definition) is 2. The first-order valence-corrected chi connectivity index (χ1v) is 15.0. The van der Waals surface area contributed by atoms with Crippen LogP contribution in [0.4, 0.5) is 31.0 Å². The summed E-state index contributed by atoms with van der Waals surface area (Å²) in [6, 6.07) is 7.81. The minimum absolute atomic E-state index is 0.0608. The van der Waals surface area contributed by atoms with Crippen LogP contribution in [0.2, 0.25) is 0 Å². The zero-order chi connectivity index (χ0) is 31.3. The number of rotatable bonds is 12. The molecule has 1 aliphatic heterocycles. The number of carboxylic acids is 1. The van der Waals surface area contributed by atoms with Crippen LogP contribution < -0.4 is 19.3 Å². The fourth-order valence-corrected chi connectivity index (χ4v) is 5.54. The van der Waals surface area contributed by atoms with Gasteiger partial charge in [0, 0.05) is 39.6 Å². The van der Waals surface area contributed by atoms with Gasteiger partial charge in [-0.1, -0.05) is 18.2 Å². The van der Waals surface area contributed by atoms with Gasteiger partial charge in [0.15, 0.2) is 17.5 Å². The van der Waals surface area contributed by atoms with Gasteiger partial charge in [0.1, 0.15) is 22.4 Å². The average Bonchev–Trinajstić information content (AvgIpc) is 2.94. The van der Waals surface area contributed by atoms with E-state index in [0.717, 1.165) is 31.7 Å². The number of halogens is 2. The van der Waals surface area contributed by atoms with Crippen LogP contribution in [0, 0.1) is 11.6 Å². The smallest absolute Gasteiger partial charge is 0.415 e. The van der Waals surface area contributed by atoms with Gasteiger partial charge in [-0.2, -0.15) is 4.98 Å². The van der Waals surface area contributed by atoms with Crippen molar-refractivity contribution in [1.82, 2.24) is 14.9 Å². The Bertz CT molecular complexity index is 1580. The lowest BCUT2D eigenvalue weighted by molar-refractivity contribution is -0.137. The molecule has 1 aliphatic rings. The third-order valence-corrected chi connectivity index (χ3v) is 8.78. The largest absolute Gasteiger partial charge is 0.480 e. The second-order valence-electron chi connectivity index (χ2n) is 9.69. The van der Waals surface area contributed by atoms with Crippen molar-refractivity contribution in [2.24, 2.45) is 0 Å². The molecule has 0 spiro atoms. The highest BCUT2D eigenvalue weighted by atomic mass is 32.2. The van der Waals surface area contributed by atoms with Crippen LogP contribution in [0.15, 0.2) is 53.6 Å². The number of hydrogen-bond acceptors (Lipinski definition) is 9. The van der Waals surface area contributed by atoms with Gasteiger partial charge in [0.05, 0.1) is 6.20 Å². The summed E-state index contributed by atoms with van der Waals surface area (Å²) in [5.74, 6) is -3.79. The molecule has 1 fully saturated rings. The van der Waals surface area contributed by atoms with E-state index in [9.17, 15) is 31.9 Å². The molecular weight excluding hydrogens is 586 g/mol. The number of ether oxygens (including phenoxy) is 1. The Kier molecular flexibility index (Phi) is 9.63. The summed E-state index contributed by atoms with van der Waals surface area (Å²) in [4.78, 5) is 35.5. The molecule has 12 nitrogen and oxygen atoms in total. The second-order valence-corrected chi connectivity index (χ2v) is 11.6. The van der Waals surface area contributed by atoms with Gasteiger partial charge in [0.2, 0.25) is 5.95 Å². The Balaban J connectivity index is 1.64. The Hall–Kier alpha value is -4.53. The Labute approximate surface area is 248 Å². The fraction of sp³-hybridized carbons (Fsp3) is 0.357. The third-order valence-electron chi connectivity index (χ3n) is 6.99. The number of nitrogens with zero attached hydrogens (tertiary/aromatic N) is 5. The molecule has 2 N–H and O–H groups in total. The monoisotopic (exact) mass is 618 g/mol. The van der Waals surface area contributed by atoms with Crippen LogP contribution in [-0.2, 0) is 21.2 Å². The number of carbonyl (C=O) groups is 2. The molecule has 2 aromatic carbocycles. The summed E-state index contributed by atoms with van der Waals surface area (Å²) in [6.45, 7) is 6.02. The molecule has 0 unspecified atom stereocenters. The highest BCUT2D eigenvalue weighted by Crippen LogP contribution is 2.31. The maximum Gasteiger partial charge on any atom is 0.415 e. The molecular formula is C28H32F2N6O6S. The number of anilines is 3. The highest BCUT2D eigenvalue weighted by molar-refractivity contribution is 7.92. The van der Waals surface area contributed by atoms with Crippen LogP contribution in [0.5, 0.6) is 5.75 Å². The molecule has 0 radical (unpaired) electrons. The molecule has 15 heteroatoms. The molecule has 3 aromatic rings. The Morgan fingerprint density at radius 3 is 2.37 bits per heavy atom. The molecule has 0 bridgehead atoms. The quantitative estimate of drug-likeness (QED) is 0.308. The number of sulfonamides is 1. The molecule has 1 saturated heterocycles. The topological polar surface area (TPSA) is 145 Å². The molecule has 1 atom stereocenters. The molecule has 43 heavy (non-hydrogen) atoms. The maximum absolute atomic E-state index is 14.5. The number of amides is 1. The van der Waals surface area contributed by atoms with Gasteiger partial charge < -0.3 is 25.0 Å². The molecule has 230 valence electrons. The zero-order valence-corrected chi connectivity index (χ0v) is 24.6. The van der Waals surface area contributed by atoms with E-state index in [1.165, 1.54) is 6.20 Å². The summed E-state index contributed by atoms with van der Waals surface area (Å²) in [5, 5.41) is 12.9. The van der Waals surface area contributed by atoms with Crippen molar-refractivity contribution in [3.05, 3.63) is 65.9 Å². The summed E-state index contributed by atoms with van der Waals surface area (Å²) in [5.41, 5.74) is 0.394. The van der Waals surface area contributed by atoms with E-state index in [-0.39, 0.29) is 23.9 Å². The van der Waals surface area contributed by atoms with Gasteiger partial charge in [-0.3, -0.25) is 4.31 Å². The number of carboxylic acid groups (broad SMARTS) is 1. The van der Waals surface area contributed by atoms with Crippen LogP contribution in [0.1, 0.15) is 25.8 Å². The van der Waals surface area contributed by atoms with Crippen LogP contribution in [-0.4, -0.2) is 79.7 Å². The number of carbonyl (C=O) groups excluding carboxylic acids is 1. The summed E-state index contributed by atoms with van der Waals surface area (Å²) in [6.07, 6.45) is 1.58. The van der Waals surface area contributed by atoms with Gasteiger partial charge in [-0.15, -0.1) is 0 Å². The van der Waals surface area contributed by atoms with E-state index in [2.05, 4.69) is 15.3 Å². The van der Waals surface area contributed by atoms with Crippen molar-refractivity contribution < 1.29 is 36.6 Å². The highest BCUT2D eigenvalue weighted by Gasteiger charge is 2.31. The van der Waals surface area contributed by atoms with Crippen LogP contribution in [0.25, 0.3) is 0 Å². The Morgan fingerprint density at radius 1 is 1.12 bits per heavy atom. The van der Waals surface area contributed by atoms with Crippen molar-refractivity contribution in [2.75, 3.05) is 47.7 Å². The lowest BCUT2D eigenvalue weighted by Gasteiger charge is -2.29. The minimum atomic E-state index is -4.65. The lowest BCUT2D eigenvalue weighted by Crippen LogP contribution is -2.43. The molecule has 4 rings (SSSR count). The van der Waals surface area contributed by atoms with E-state index in [0.29, 0.717) is 41.8 Å². The zero-order valence-electron chi connectivity index (χ0n) is 23.8. The molecule has 2 heterocycles. The Morgan fingerprint density at radius 2 is 1.79 bits per heavy atom. The average molecular weight is 619 g/mol. The minimum Gasteiger partial charge on any atom is -0.480 e. The van der Waals surface area contributed by atoms with Crippen molar-refractivity contribution in [3.8, 4) is 5.75 Å². The van der Waals surface area contributed by atoms with Crippen molar-refractivity contribution in [3.63, 3.8) is 0 Å². The van der Waals surface area contributed by atoms with Gasteiger partial charge in [-0.25, -0.2) is 31.8 Å². The van der Waals surface area contributed by atoms with Gasteiger partial charge in [0.25, 0.3) is 10.0 Å². The van der Waals surface area contributed by atoms with E-state index in [1.807, 2.05) is 13.8 Å². The standard InChI is InChI=1S/C28H32F2N6O6S/c1-4-35(5-2)27-31-17-22(34(3)43(40,41)23-9-6-8-20(29)24(23)30)25(33-27)32-21(26(37)38)16-18-10-12-19(13-11-18)42-28(39)36-14-7-15-36/h6,8-13,17,21H,4-5,7,14-16H2,1-3H3,(H,37,38)(H,31,32,33)/t21-/m0/s1. The van der Waals surface area contributed by atoms with Crippen LogP contribution >= 0.6 is 0 Å². The maximum atomic E-state index is 14.5. The van der Waals surface area contributed by atoms with Crippen molar-refractivity contribution in [1.29, 1.82) is 0 Å². The van der Waals surface area contributed by atoms with Gasteiger partial charge >= 0.3 is 12.1 Å². The van der Waals surface area contributed by atoms with Gasteiger partial charge in [-0.05, 0) is 50.1 Å². The van der Waals surface area contributed by atoms with E-state index < -0.39 is 44.7 Å². The second kappa shape index (κ2) is 13.2. The number of aromatic nitrogens is 2. The summed E-state index contributed by atoms with van der Waals surface area (Å²) >= 11 is 0. The summed E-state index contributed by atoms with van der Waals surface area (Å²) in [7, 11) is -3.55. The summed E-state index contributed by atoms with van der Waals surface area (Å²) < 4.78 is 61.1. The molecule has 1 amide bonds. The fourth-order valence-electron chi connectivity index (χ4n) is 4.28. The first-order valence-electron chi connectivity index (χ1n) is 13.6. The number of benzene rings is 2. The lowest BCUT2D eigenvalue weighted by atomic mass is 10.1. The predicted octanol–water partition coefficient (Wildman–Crippen LogP) is 3.74. The number of likely N-dealkylation sites (tertiary alicyclic amines) is 1. The van der Waals surface area contributed by atoms with Crippen LogP contribution in [0.3, 0.4) is 0 Å². The molecule has 0 saturated carbocycles. The molecule has 0 aliphatic carbocycles. The van der Waals surface area contributed by atoms with Crippen molar-refractivity contribution >= 4 is 39.5 Å². The van der Waals surface area contributed by atoms with E-state index >= 15 is 0 Å². The van der Waals surface area contributed by atoms with E-state index in [4.69, 9.17) is 4.74 Å².